The van der Waals surface area contributed by atoms with Crippen molar-refractivity contribution in [2.24, 2.45) is 13.0 Å². The Morgan fingerprint density at radius 2 is 2.36 bits per heavy atom. The normalized spacial score (nSPS) is 15.9. The van der Waals surface area contributed by atoms with Crippen LogP contribution in [0.2, 0.25) is 0 Å². The Kier molecular flexibility index (Phi) is 2.75. The van der Waals surface area contributed by atoms with E-state index in [1.807, 2.05) is 24.7 Å². The Bertz CT molecular complexity index is 299. The van der Waals surface area contributed by atoms with E-state index in [-0.39, 0.29) is 0 Å². The second kappa shape index (κ2) is 4.03. The van der Waals surface area contributed by atoms with Gasteiger partial charge in [0.1, 0.15) is 0 Å². The fourth-order valence-electron chi connectivity index (χ4n) is 1.78. The topological polar surface area (TPSA) is 29.9 Å². The van der Waals surface area contributed by atoms with Gasteiger partial charge in [0.15, 0.2) is 0 Å². The summed E-state index contributed by atoms with van der Waals surface area (Å²) in [5, 5.41) is 3.37. The lowest BCUT2D eigenvalue weighted by Crippen LogP contribution is -2.06. The minimum Gasteiger partial charge on any atom is -0.356 e. The first-order valence-electron chi connectivity index (χ1n) is 5.49. The summed E-state index contributed by atoms with van der Waals surface area (Å²) in [7, 11) is 2.03. The zero-order chi connectivity index (χ0) is 9.97. The van der Waals surface area contributed by atoms with Crippen LogP contribution in [-0.4, -0.2) is 16.1 Å². The van der Waals surface area contributed by atoms with Crippen molar-refractivity contribution in [3.05, 3.63) is 11.9 Å². The zero-order valence-corrected chi connectivity index (χ0v) is 9.08. The minimum absolute atomic E-state index is 0.998. The third kappa shape index (κ3) is 2.50. The molecule has 2 rings (SSSR count). The Labute approximate surface area is 85.5 Å². The molecule has 0 amide bonds. The van der Waals surface area contributed by atoms with Gasteiger partial charge in [0.25, 0.3) is 0 Å². The summed E-state index contributed by atoms with van der Waals surface area (Å²) < 4.78 is 2.05. The summed E-state index contributed by atoms with van der Waals surface area (Å²) in [5.74, 6) is 2.04. The smallest absolute Gasteiger partial charge is 0.202 e. The van der Waals surface area contributed by atoms with E-state index in [1.165, 1.54) is 25.7 Å². The van der Waals surface area contributed by atoms with E-state index in [0.29, 0.717) is 0 Å². The Balaban J connectivity index is 1.70. The Morgan fingerprint density at radius 3 is 2.93 bits per heavy atom. The molecule has 3 heteroatoms. The van der Waals surface area contributed by atoms with E-state index >= 15 is 0 Å². The van der Waals surface area contributed by atoms with Crippen LogP contribution in [0.15, 0.2) is 6.20 Å². The van der Waals surface area contributed by atoms with Crippen LogP contribution in [-0.2, 0) is 7.05 Å². The molecule has 1 aromatic heterocycles. The third-order valence-corrected chi connectivity index (χ3v) is 2.77. The van der Waals surface area contributed by atoms with Gasteiger partial charge in [-0.1, -0.05) is 12.8 Å². The lowest BCUT2D eigenvalue weighted by atomic mass is 10.2. The first kappa shape index (κ1) is 9.56. The van der Waals surface area contributed by atoms with Crippen LogP contribution in [0, 0.1) is 12.8 Å². The van der Waals surface area contributed by atoms with Crippen molar-refractivity contribution in [1.29, 1.82) is 0 Å². The number of hydrogen-bond donors (Lipinski definition) is 1. The SMILES string of the molecule is Cc1cn(C)c(NCCCC2CC2)n1. The summed E-state index contributed by atoms with van der Waals surface area (Å²) in [6.45, 7) is 3.08. The molecule has 14 heavy (non-hydrogen) atoms. The van der Waals surface area contributed by atoms with Gasteiger partial charge in [0.2, 0.25) is 5.95 Å². The van der Waals surface area contributed by atoms with Crippen molar-refractivity contribution < 1.29 is 0 Å². The van der Waals surface area contributed by atoms with Gasteiger partial charge in [0.05, 0.1) is 5.69 Å². The molecule has 1 saturated carbocycles. The first-order valence-corrected chi connectivity index (χ1v) is 5.49. The quantitative estimate of drug-likeness (QED) is 0.727. The number of imidazole rings is 1. The summed E-state index contributed by atoms with van der Waals surface area (Å²) in [6, 6.07) is 0. The van der Waals surface area contributed by atoms with Gasteiger partial charge in [0, 0.05) is 19.8 Å². The van der Waals surface area contributed by atoms with Crippen molar-refractivity contribution in [3.8, 4) is 0 Å². The number of nitrogens with zero attached hydrogens (tertiary/aromatic N) is 2. The van der Waals surface area contributed by atoms with Gasteiger partial charge >= 0.3 is 0 Å². The molecule has 0 spiro atoms. The van der Waals surface area contributed by atoms with Gasteiger partial charge in [-0.25, -0.2) is 4.98 Å². The number of aryl methyl sites for hydroxylation is 2. The zero-order valence-electron chi connectivity index (χ0n) is 9.08. The summed E-state index contributed by atoms with van der Waals surface area (Å²) >= 11 is 0. The van der Waals surface area contributed by atoms with Crippen LogP contribution >= 0.6 is 0 Å². The molecule has 0 aromatic carbocycles. The maximum absolute atomic E-state index is 4.39. The summed E-state index contributed by atoms with van der Waals surface area (Å²) in [5.41, 5.74) is 1.08. The largest absolute Gasteiger partial charge is 0.356 e. The van der Waals surface area contributed by atoms with Crippen molar-refractivity contribution >= 4 is 5.95 Å². The molecule has 1 aliphatic carbocycles. The van der Waals surface area contributed by atoms with E-state index in [4.69, 9.17) is 0 Å². The van der Waals surface area contributed by atoms with Crippen LogP contribution < -0.4 is 5.32 Å². The van der Waals surface area contributed by atoms with Crippen molar-refractivity contribution in [2.75, 3.05) is 11.9 Å². The monoisotopic (exact) mass is 193 g/mol. The van der Waals surface area contributed by atoms with Crippen molar-refractivity contribution in [2.45, 2.75) is 32.6 Å². The third-order valence-electron chi connectivity index (χ3n) is 2.77. The second-order valence-electron chi connectivity index (χ2n) is 4.33. The van der Waals surface area contributed by atoms with Crippen LogP contribution in [0.4, 0.5) is 5.95 Å². The average molecular weight is 193 g/mol. The lowest BCUT2D eigenvalue weighted by molar-refractivity contribution is 0.683. The van der Waals surface area contributed by atoms with Gasteiger partial charge in [-0.05, 0) is 25.7 Å². The molecule has 1 aromatic rings. The van der Waals surface area contributed by atoms with Gasteiger partial charge in [-0.2, -0.15) is 0 Å². The molecule has 78 valence electrons. The maximum Gasteiger partial charge on any atom is 0.202 e. The molecule has 0 aliphatic heterocycles. The highest BCUT2D eigenvalue weighted by Crippen LogP contribution is 2.33. The molecule has 0 radical (unpaired) electrons. The maximum atomic E-state index is 4.39. The van der Waals surface area contributed by atoms with Crippen molar-refractivity contribution in [1.82, 2.24) is 9.55 Å². The number of aromatic nitrogens is 2. The molecule has 1 aliphatic rings. The van der Waals surface area contributed by atoms with Gasteiger partial charge < -0.3 is 9.88 Å². The number of anilines is 1. The molecule has 0 bridgehead atoms. The molecule has 3 nitrogen and oxygen atoms in total. The van der Waals surface area contributed by atoms with Crippen LogP contribution in [0.3, 0.4) is 0 Å². The second-order valence-corrected chi connectivity index (χ2v) is 4.33. The van der Waals surface area contributed by atoms with Crippen molar-refractivity contribution in [3.63, 3.8) is 0 Å². The molecular weight excluding hydrogens is 174 g/mol. The molecule has 0 saturated heterocycles. The number of hydrogen-bond acceptors (Lipinski definition) is 2. The standard InChI is InChI=1S/C11H19N3/c1-9-8-14(2)11(13-9)12-7-3-4-10-5-6-10/h8,10H,3-7H2,1-2H3,(H,12,13). The molecule has 0 atom stereocenters. The molecular formula is C11H19N3. The highest BCUT2D eigenvalue weighted by Gasteiger charge is 2.19. The highest BCUT2D eigenvalue weighted by molar-refractivity contribution is 5.27. The van der Waals surface area contributed by atoms with E-state index in [2.05, 4.69) is 10.3 Å². The molecule has 1 heterocycles. The van der Waals surface area contributed by atoms with Gasteiger partial charge in [-0.3, -0.25) is 0 Å². The summed E-state index contributed by atoms with van der Waals surface area (Å²) in [4.78, 5) is 4.39. The van der Waals surface area contributed by atoms with Crippen LogP contribution in [0.5, 0.6) is 0 Å². The van der Waals surface area contributed by atoms with E-state index in [9.17, 15) is 0 Å². The number of rotatable bonds is 5. The predicted octanol–water partition coefficient (Wildman–Crippen LogP) is 2.33. The fourth-order valence-corrected chi connectivity index (χ4v) is 1.78. The predicted molar refractivity (Wildman–Crippen MR) is 58.4 cm³/mol. The highest BCUT2D eigenvalue weighted by atomic mass is 15.2. The van der Waals surface area contributed by atoms with E-state index < -0.39 is 0 Å². The first-order chi connectivity index (χ1) is 6.75. The Morgan fingerprint density at radius 1 is 1.57 bits per heavy atom. The van der Waals surface area contributed by atoms with Crippen LogP contribution in [0.25, 0.3) is 0 Å². The molecule has 0 unspecified atom stereocenters. The Hall–Kier alpha value is -0.990. The summed E-state index contributed by atoms with van der Waals surface area (Å²) in [6.07, 6.45) is 7.62. The fraction of sp³-hybridized carbons (Fsp3) is 0.727. The van der Waals surface area contributed by atoms with Gasteiger partial charge in [-0.15, -0.1) is 0 Å². The van der Waals surface area contributed by atoms with E-state index in [1.54, 1.807) is 0 Å². The number of nitrogens with one attached hydrogen (secondary N) is 1. The average Bonchev–Trinajstić information content (AvgIpc) is 2.88. The van der Waals surface area contributed by atoms with E-state index in [0.717, 1.165) is 24.1 Å². The van der Waals surface area contributed by atoms with Crippen LogP contribution in [0.1, 0.15) is 31.4 Å². The lowest BCUT2D eigenvalue weighted by Gasteiger charge is -2.04. The minimum atomic E-state index is 0.998. The molecule has 1 N–H and O–H groups in total. The molecule has 1 fully saturated rings.